The molecule has 0 saturated carbocycles. The smallest absolute Gasteiger partial charge is 0.241 e. The van der Waals surface area contributed by atoms with Gasteiger partial charge in [-0.1, -0.05) is 0 Å². The van der Waals surface area contributed by atoms with E-state index in [0.717, 1.165) is 0 Å². The first-order valence-electron chi connectivity index (χ1n) is 8.24. The lowest BCUT2D eigenvalue weighted by molar-refractivity contribution is 0.353. The van der Waals surface area contributed by atoms with Gasteiger partial charge in [0.1, 0.15) is 11.5 Å². The molecule has 0 amide bonds. The van der Waals surface area contributed by atoms with Crippen molar-refractivity contribution in [1.29, 1.82) is 0 Å². The molecule has 0 bridgehead atoms. The molecular weight excluding hydrogens is 370 g/mol. The zero-order valence-electron chi connectivity index (χ0n) is 16.3. The van der Waals surface area contributed by atoms with E-state index in [2.05, 4.69) is 4.72 Å². The van der Waals surface area contributed by atoms with Gasteiger partial charge in [-0.2, -0.15) is 0 Å². The number of hydrogen-bond donors (Lipinski definition) is 1. The number of sulfonamides is 1. The summed E-state index contributed by atoms with van der Waals surface area (Å²) in [6.07, 6.45) is 0. The highest BCUT2D eigenvalue weighted by molar-refractivity contribution is 7.89. The van der Waals surface area contributed by atoms with Crippen LogP contribution in [0.1, 0.15) is 24.1 Å². The van der Waals surface area contributed by atoms with Crippen LogP contribution in [-0.2, 0) is 10.0 Å². The van der Waals surface area contributed by atoms with Crippen LogP contribution in [0, 0.1) is 6.92 Å². The molecule has 0 aliphatic carbocycles. The van der Waals surface area contributed by atoms with Crippen molar-refractivity contribution in [2.75, 3.05) is 28.4 Å². The number of nitrogens with one attached hydrogen (secondary N) is 1. The normalized spacial score (nSPS) is 12.4. The summed E-state index contributed by atoms with van der Waals surface area (Å²) in [6.45, 7) is 3.44. The molecule has 1 N–H and O–H groups in total. The van der Waals surface area contributed by atoms with Gasteiger partial charge in [0.25, 0.3) is 0 Å². The first-order valence-corrected chi connectivity index (χ1v) is 9.72. The Labute approximate surface area is 160 Å². The number of ether oxygens (including phenoxy) is 4. The molecule has 0 saturated heterocycles. The van der Waals surface area contributed by atoms with Crippen LogP contribution in [0.15, 0.2) is 35.2 Å². The molecule has 0 aromatic heterocycles. The fourth-order valence-electron chi connectivity index (χ4n) is 2.79. The Morgan fingerprint density at radius 2 is 1.44 bits per heavy atom. The van der Waals surface area contributed by atoms with E-state index in [-0.39, 0.29) is 4.90 Å². The van der Waals surface area contributed by atoms with Crippen LogP contribution in [-0.4, -0.2) is 36.9 Å². The van der Waals surface area contributed by atoms with Gasteiger partial charge in [-0.3, -0.25) is 0 Å². The number of rotatable bonds is 8. The predicted molar refractivity (Wildman–Crippen MR) is 103 cm³/mol. The van der Waals surface area contributed by atoms with E-state index in [0.29, 0.717) is 34.1 Å². The second-order valence-electron chi connectivity index (χ2n) is 5.92. The Hall–Kier alpha value is -2.45. The molecule has 0 aliphatic rings. The summed E-state index contributed by atoms with van der Waals surface area (Å²) in [5, 5.41) is 0. The van der Waals surface area contributed by atoms with Crippen molar-refractivity contribution in [1.82, 2.24) is 4.72 Å². The lowest BCUT2D eigenvalue weighted by Gasteiger charge is -2.20. The van der Waals surface area contributed by atoms with Crippen molar-refractivity contribution in [2.24, 2.45) is 0 Å². The van der Waals surface area contributed by atoms with Crippen molar-refractivity contribution in [2.45, 2.75) is 24.8 Å². The highest BCUT2D eigenvalue weighted by Crippen LogP contribution is 2.34. The Morgan fingerprint density at radius 1 is 0.852 bits per heavy atom. The Kier molecular flexibility index (Phi) is 6.56. The molecule has 1 unspecified atom stereocenters. The van der Waals surface area contributed by atoms with Crippen molar-refractivity contribution >= 4 is 10.0 Å². The lowest BCUT2D eigenvalue weighted by atomic mass is 10.1. The van der Waals surface area contributed by atoms with Crippen LogP contribution < -0.4 is 23.7 Å². The third-order valence-electron chi connectivity index (χ3n) is 4.21. The maximum absolute atomic E-state index is 13.0. The predicted octanol–water partition coefficient (Wildman–Crippen LogP) is 3.07. The molecule has 0 spiro atoms. The highest BCUT2D eigenvalue weighted by atomic mass is 32.2. The van der Waals surface area contributed by atoms with Gasteiger partial charge in [-0.25, -0.2) is 13.1 Å². The van der Waals surface area contributed by atoms with Gasteiger partial charge < -0.3 is 18.9 Å². The van der Waals surface area contributed by atoms with Gasteiger partial charge in [0, 0.05) is 17.7 Å². The summed E-state index contributed by atoms with van der Waals surface area (Å²) in [6, 6.07) is 7.76. The van der Waals surface area contributed by atoms with Crippen molar-refractivity contribution < 1.29 is 27.4 Å². The molecule has 27 heavy (non-hydrogen) atoms. The van der Waals surface area contributed by atoms with Gasteiger partial charge in [-0.05, 0) is 43.7 Å². The summed E-state index contributed by atoms with van der Waals surface area (Å²) >= 11 is 0. The molecule has 2 aromatic rings. The summed E-state index contributed by atoms with van der Waals surface area (Å²) in [7, 11) is 2.22. The van der Waals surface area contributed by atoms with Crippen LogP contribution in [0.5, 0.6) is 23.0 Å². The van der Waals surface area contributed by atoms with Crippen molar-refractivity contribution in [3.8, 4) is 23.0 Å². The van der Waals surface area contributed by atoms with E-state index < -0.39 is 16.1 Å². The average Bonchev–Trinajstić information content (AvgIpc) is 2.66. The van der Waals surface area contributed by atoms with E-state index in [1.54, 1.807) is 45.2 Å². The first-order chi connectivity index (χ1) is 12.8. The zero-order chi connectivity index (χ0) is 20.2. The number of hydrogen-bond acceptors (Lipinski definition) is 6. The van der Waals surface area contributed by atoms with Gasteiger partial charge in [0.15, 0.2) is 11.5 Å². The topological polar surface area (TPSA) is 83.1 Å². The third kappa shape index (κ3) is 4.45. The molecule has 0 radical (unpaired) electrons. The Bertz CT molecular complexity index is 911. The second kappa shape index (κ2) is 8.49. The summed E-state index contributed by atoms with van der Waals surface area (Å²) < 4.78 is 49.7. The number of benzene rings is 2. The highest BCUT2D eigenvalue weighted by Gasteiger charge is 2.24. The number of methoxy groups -OCH3 is 4. The molecule has 0 fully saturated rings. The number of aryl methyl sites for hydroxylation is 1. The molecule has 1 atom stereocenters. The van der Waals surface area contributed by atoms with E-state index in [4.69, 9.17) is 18.9 Å². The van der Waals surface area contributed by atoms with Crippen LogP contribution in [0.2, 0.25) is 0 Å². The lowest BCUT2D eigenvalue weighted by Crippen LogP contribution is -2.28. The van der Waals surface area contributed by atoms with E-state index >= 15 is 0 Å². The fraction of sp³-hybridized carbons (Fsp3) is 0.368. The molecule has 0 aliphatic heterocycles. The molecule has 8 heteroatoms. The van der Waals surface area contributed by atoms with Crippen molar-refractivity contribution in [3.63, 3.8) is 0 Å². The zero-order valence-corrected chi connectivity index (χ0v) is 17.1. The summed E-state index contributed by atoms with van der Waals surface area (Å²) in [5.74, 6) is 1.99. The fourth-order valence-corrected chi connectivity index (χ4v) is 4.25. The Balaban J connectivity index is 2.42. The van der Waals surface area contributed by atoms with Crippen LogP contribution in [0.4, 0.5) is 0 Å². The summed E-state index contributed by atoms with van der Waals surface area (Å²) in [4.78, 5) is 0.119. The molecular formula is C19H25NO6S. The molecule has 148 valence electrons. The third-order valence-corrected chi connectivity index (χ3v) is 5.89. The minimum atomic E-state index is -3.82. The van der Waals surface area contributed by atoms with Gasteiger partial charge in [0.05, 0.1) is 33.3 Å². The Morgan fingerprint density at radius 3 is 2.00 bits per heavy atom. The van der Waals surface area contributed by atoms with Gasteiger partial charge in [0.2, 0.25) is 10.0 Å². The quantitative estimate of drug-likeness (QED) is 0.740. The molecule has 7 nitrogen and oxygen atoms in total. The SMILES string of the molecule is COc1ccc(OC)c(C(C)NS(=O)(=O)c2cc(OC)c(OC)cc2C)c1. The maximum atomic E-state index is 13.0. The van der Waals surface area contributed by atoms with Crippen LogP contribution in [0.25, 0.3) is 0 Å². The maximum Gasteiger partial charge on any atom is 0.241 e. The van der Waals surface area contributed by atoms with Crippen LogP contribution >= 0.6 is 0 Å². The average molecular weight is 395 g/mol. The van der Waals surface area contributed by atoms with Crippen LogP contribution in [0.3, 0.4) is 0 Å². The molecule has 2 aromatic carbocycles. The van der Waals surface area contributed by atoms with Gasteiger partial charge in [-0.15, -0.1) is 0 Å². The van der Waals surface area contributed by atoms with Gasteiger partial charge >= 0.3 is 0 Å². The second-order valence-corrected chi connectivity index (χ2v) is 7.61. The van der Waals surface area contributed by atoms with E-state index in [1.807, 2.05) is 0 Å². The standard InChI is InChI=1S/C19H25NO6S/c1-12-9-17(25-5)18(26-6)11-19(12)27(21,22)20-13(2)15-10-14(23-3)7-8-16(15)24-4/h7-11,13,20H,1-6H3. The van der Waals surface area contributed by atoms with Crippen molar-refractivity contribution in [3.05, 3.63) is 41.5 Å². The monoisotopic (exact) mass is 395 g/mol. The van der Waals surface area contributed by atoms with E-state index in [9.17, 15) is 8.42 Å². The summed E-state index contributed by atoms with van der Waals surface area (Å²) in [5.41, 5.74) is 1.21. The minimum Gasteiger partial charge on any atom is -0.497 e. The largest absolute Gasteiger partial charge is 0.497 e. The molecule has 0 heterocycles. The minimum absolute atomic E-state index is 0.119. The van der Waals surface area contributed by atoms with E-state index in [1.165, 1.54) is 27.4 Å². The first kappa shape index (κ1) is 20.9. The molecule has 2 rings (SSSR count).